The van der Waals surface area contributed by atoms with Gasteiger partial charge in [0.05, 0.1) is 11.7 Å². The van der Waals surface area contributed by atoms with Crippen molar-refractivity contribution in [2.24, 2.45) is 0 Å². The molecule has 0 aliphatic carbocycles. The van der Waals surface area contributed by atoms with Gasteiger partial charge in [-0.15, -0.1) is 0 Å². The highest BCUT2D eigenvalue weighted by molar-refractivity contribution is 7.98. The first-order valence-electron chi connectivity index (χ1n) is 6.01. The topological polar surface area (TPSA) is 64.3 Å². The minimum atomic E-state index is -0.170. The van der Waals surface area contributed by atoms with E-state index in [1.807, 2.05) is 12.3 Å². The molecule has 6 heteroatoms. The van der Waals surface area contributed by atoms with Crippen LogP contribution in [0.2, 0.25) is 0 Å². The summed E-state index contributed by atoms with van der Waals surface area (Å²) < 4.78 is 5.89. The summed E-state index contributed by atoms with van der Waals surface area (Å²) in [4.78, 5) is 10.9. The van der Waals surface area contributed by atoms with Gasteiger partial charge in [-0.3, -0.25) is 0 Å². The summed E-state index contributed by atoms with van der Waals surface area (Å²) in [7, 11) is 0. The first-order chi connectivity index (χ1) is 8.39. The molecule has 1 aromatic rings. The number of nitrogens with two attached hydrogens (primary N) is 1. The van der Waals surface area contributed by atoms with Gasteiger partial charge in [0.1, 0.15) is 11.6 Å². The quantitative estimate of drug-likeness (QED) is 0.651. The summed E-state index contributed by atoms with van der Waals surface area (Å²) in [6.45, 7) is 7.90. The van der Waals surface area contributed by atoms with Crippen molar-refractivity contribution >= 4 is 23.4 Å². The van der Waals surface area contributed by atoms with E-state index in [0.29, 0.717) is 11.0 Å². The Balaban J connectivity index is 2.27. The molecular weight excluding hydrogens is 248 g/mol. The molecule has 1 atom stereocenters. The van der Waals surface area contributed by atoms with Gasteiger partial charge < -0.3 is 15.4 Å². The molecule has 0 amide bonds. The van der Waals surface area contributed by atoms with Crippen molar-refractivity contribution in [1.29, 1.82) is 0 Å². The molecule has 2 heterocycles. The third kappa shape index (κ3) is 3.05. The highest BCUT2D eigenvalue weighted by atomic mass is 32.2. The Morgan fingerprint density at radius 2 is 2.22 bits per heavy atom. The largest absolute Gasteiger partial charge is 0.383 e. The number of hydrogen-bond acceptors (Lipinski definition) is 6. The third-order valence-corrected chi connectivity index (χ3v) is 3.34. The first-order valence-corrected chi connectivity index (χ1v) is 7.23. The lowest BCUT2D eigenvalue weighted by Gasteiger charge is -2.42. The molecule has 18 heavy (non-hydrogen) atoms. The molecule has 1 unspecified atom stereocenters. The van der Waals surface area contributed by atoms with E-state index in [4.69, 9.17) is 10.5 Å². The molecule has 0 bridgehead atoms. The minimum Gasteiger partial charge on any atom is -0.383 e. The van der Waals surface area contributed by atoms with Crippen LogP contribution in [0, 0.1) is 0 Å². The van der Waals surface area contributed by atoms with Crippen LogP contribution in [-0.4, -0.2) is 41.0 Å². The van der Waals surface area contributed by atoms with Crippen molar-refractivity contribution in [3.63, 3.8) is 0 Å². The van der Waals surface area contributed by atoms with Crippen molar-refractivity contribution in [2.75, 3.05) is 30.0 Å². The predicted octanol–water partition coefficient (Wildman–Crippen LogP) is 1.78. The normalized spacial score (nSPS) is 23.1. The van der Waals surface area contributed by atoms with Crippen molar-refractivity contribution in [2.45, 2.75) is 37.6 Å². The summed E-state index contributed by atoms with van der Waals surface area (Å²) in [5.74, 6) is 1.40. The van der Waals surface area contributed by atoms with E-state index in [0.717, 1.165) is 18.9 Å². The number of nitrogens with zero attached hydrogens (tertiary/aromatic N) is 3. The van der Waals surface area contributed by atoms with E-state index in [-0.39, 0.29) is 11.7 Å². The standard InChI is InChI=1S/C12H20N4OS/c1-8-6-16(7-12(2,3)17-8)10-5-9(13)14-11(15-10)18-4/h5,8H,6-7H2,1-4H3,(H2,13,14,15). The van der Waals surface area contributed by atoms with E-state index >= 15 is 0 Å². The minimum absolute atomic E-state index is 0.170. The van der Waals surface area contributed by atoms with Crippen molar-refractivity contribution in [3.8, 4) is 0 Å². The molecule has 0 saturated carbocycles. The van der Waals surface area contributed by atoms with Crippen LogP contribution < -0.4 is 10.6 Å². The predicted molar refractivity (Wildman–Crippen MR) is 75.1 cm³/mol. The summed E-state index contributed by atoms with van der Waals surface area (Å²) in [6.07, 6.45) is 2.13. The Morgan fingerprint density at radius 1 is 1.50 bits per heavy atom. The van der Waals surface area contributed by atoms with Crippen LogP contribution in [-0.2, 0) is 4.74 Å². The zero-order chi connectivity index (χ0) is 13.3. The smallest absolute Gasteiger partial charge is 0.191 e. The van der Waals surface area contributed by atoms with Gasteiger partial charge in [0.2, 0.25) is 0 Å². The lowest BCUT2D eigenvalue weighted by atomic mass is 10.1. The van der Waals surface area contributed by atoms with Crippen LogP contribution in [0.1, 0.15) is 20.8 Å². The van der Waals surface area contributed by atoms with Crippen LogP contribution in [0.25, 0.3) is 0 Å². The SMILES string of the molecule is CSc1nc(N)cc(N2CC(C)OC(C)(C)C2)n1. The molecule has 1 aliphatic rings. The van der Waals surface area contributed by atoms with Crippen LogP contribution in [0.3, 0.4) is 0 Å². The lowest BCUT2D eigenvalue weighted by molar-refractivity contribution is -0.0752. The Hall–Kier alpha value is -1.01. The average Bonchev–Trinajstić information content (AvgIpc) is 2.25. The van der Waals surface area contributed by atoms with E-state index in [2.05, 4.69) is 35.6 Å². The lowest BCUT2D eigenvalue weighted by Crippen LogP contribution is -2.52. The Labute approximate surface area is 112 Å². The second-order valence-corrected chi connectivity index (χ2v) is 5.98. The van der Waals surface area contributed by atoms with Crippen LogP contribution in [0.5, 0.6) is 0 Å². The number of ether oxygens (including phenoxy) is 1. The van der Waals surface area contributed by atoms with Gasteiger partial charge in [-0.1, -0.05) is 11.8 Å². The van der Waals surface area contributed by atoms with E-state index in [9.17, 15) is 0 Å². The van der Waals surface area contributed by atoms with E-state index < -0.39 is 0 Å². The van der Waals surface area contributed by atoms with Crippen molar-refractivity contribution < 1.29 is 4.74 Å². The van der Waals surface area contributed by atoms with Crippen LogP contribution in [0.4, 0.5) is 11.6 Å². The van der Waals surface area contributed by atoms with Crippen molar-refractivity contribution in [1.82, 2.24) is 9.97 Å². The number of hydrogen-bond donors (Lipinski definition) is 1. The monoisotopic (exact) mass is 268 g/mol. The van der Waals surface area contributed by atoms with Gasteiger partial charge in [-0.05, 0) is 27.0 Å². The molecule has 1 saturated heterocycles. The van der Waals surface area contributed by atoms with Gasteiger partial charge in [0.25, 0.3) is 0 Å². The maximum atomic E-state index is 5.89. The maximum Gasteiger partial charge on any atom is 0.191 e. The Kier molecular flexibility index (Phi) is 3.68. The molecule has 1 aliphatic heterocycles. The molecular formula is C12H20N4OS. The number of aromatic nitrogens is 2. The summed E-state index contributed by atoms with van der Waals surface area (Å²) in [5.41, 5.74) is 5.65. The van der Waals surface area contributed by atoms with Crippen LogP contribution in [0.15, 0.2) is 11.2 Å². The molecule has 0 spiro atoms. The first kappa shape index (κ1) is 13.4. The fourth-order valence-electron chi connectivity index (χ4n) is 2.31. The Morgan fingerprint density at radius 3 is 2.83 bits per heavy atom. The van der Waals surface area contributed by atoms with E-state index in [1.165, 1.54) is 11.8 Å². The molecule has 0 radical (unpaired) electrons. The zero-order valence-electron chi connectivity index (χ0n) is 11.3. The van der Waals surface area contributed by atoms with Gasteiger partial charge in [-0.25, -0.2) is 9.97 Å². The van der Waals surface area contributed by atoms with Gasteiger partial charge in [0.15, 0.2) is 5.16 Å². The summed E-state index contributed by atoms with van der Waals surface area (Å²) >= 11 is 1.50. The van der Waals surface area contributed by atoms with Gasteiger partial charge >= 0.3 is 0 Å². The highest BCUT2D eigenvalue weighted by Gasteiger charge is 2.32. The fraction of sp³-hybridized carbons (Fsp3) is 0.667. The summed E-state index contributed by atoms with van der Waals surface area (Å²) in [6, 6.07) is 1.83. The Bertz CT molecular complexity index is 438. The molecule has 2 N–H and O–H groups in total. The fourth-order valence-corrected chi connectivity index (χ4v) is 2.69. The second-order valence-electron chi connectivity index (χ2n) is 5.21. The number of thioether (sulfide) groups is 1. The zero-order valence-corrected chi connectivity index (χ0v) is 12.1. The molecule has 100 valence electrons. The molecule has 0 aromatic carbocycles. The maximum absolute atomic E-state index is 5.89. The molecule has 2 rings (SSSR count). The van der Waals surface area contributed by atoms with Crippen molar-refractivity contribution in [3.05, 3.63) is 6.07 Å². The van der Waals surface area contributed by atoms with E-state index in [1.54, 1.807) is 0 Å². The molecule has 5 nitrogen and oxygen atoms in total. The molecule has 1 fully saturated rings. The number of morpholine rings is 1. The second kappa shape index (κ2) is 4.93. The highest BCUT2D eigenvalue weighted by Crippen LogP contribution is 2.26. The number of anilines is 2. The average molecular weight is 268 g/mol. The van der Waals surface area contributed by atoms with Gasteiger partial charge in [-0.2, -0.15) is 0 Å². The number of nitrogen functional groups attached to an aromatic ring is 1. The number of rotatable bonds is 2. The van der Waals surface area contributed by atoms with Gasteiger partial charge in [0, 0.05) is 19.2 Å². The molecule has 1 aromatic heterocycles. The third-order valence-electron chi connectivity index (χ3n) is 2.79. The van der Waals surface area contributed by atoms with Crippen LogP contribution >= 0.6 is 11.8 Å². The summed E-state index contributed by atoms with van der Waals surface area (Å²) in [5, 5.41) is 0.710.